The van der Waals surface area contributed by atoms with Crippen molar-refractivity contribution >= 4 is 56.6 Å². The predicted octanol–water partition coefficient (Wildman–Crippen LogP) is 12.7. The van der Waals surface area contributed by atoms with E-state index in [1.165, 1.54) is 77.2 Å². The van der Waals surface area contributed by atoms with Gasteiger partial charge in [0.05, 0.1) is 0 Å². The van der Waals surface area contributed by atoms with Crippen molar-refractivity contribution in [1.82, 2.24) is 0 Å². The fourth-order valence-corrected chi connectivity index (χ4v) is 23.5. The van der Waals surface area contributed by atoms with Crippen molar-refractivity contribution in [2.24, 2.45) is 0 Å². The zero-order chi connectivity index (χ0) is 31.4. The van der Waals surface area contributed by atoms with E-state index in [2.05, 4.69) is 147 Å². The number of rotatable bonds is 7. The third-order valence-corrected chi connectivity index (χ3v) is 32.1. The van der Waals surface area contributed by atoms with Crippen LogP contribution < -0.4 is 0 Å². The van der Waals surface area contributed by atoms with E-state index in [1.54, 1.807) is 0 Å². The Bertz CT molecular complexity index is 2030. The molecule has 2 aliphatic rings. The van der Waals surface area contributed by atoms with E-state index in [1.807, 2.05) is 0 Å². The summed E-state index contributed by atoms with van der Waals surface area (Å²) in [5.74, 6) is -0.613. The van der Waals surface area contributed by atoms with E-state index in [4.69, 9.17) is 17.0 Å². The van der Waals surface area contributed by atoms with Crippen molar-refractivity contribution in [2.45, 2.75) is 37.8 Å². The van der Waals surface area contributed by atoms with Crippen LogP contribution in [0, 0.1) is 0 Å². The summed E-state index contributed by atoms with van der Waals surface area (Å²) in [6.07, 6.45) is 4.89. The summed E-state index contributed by atoms with van der Waals surface area (Å²) in [6.45, 7) is 4.64. The summed E-state index contributed by atoms with van der Waals surface area (Å²) in [7, 11) is 14.2. The summed E-state index contributed by atoms with van der Waals surface area (Å²) >= 11 is -2.51. The molecule has 0 aromatic heterocycles. The summed E-state index contributed by atoms with van der Waals surface area (Å²) in [5.41, 5.74) is 13.9. The Kier molecular flexibility index (Phi) is 8.28. The van der Waals surface area contributed by atoms with Gasteiger partial charge in [-0.15, -0.1) is 0 Å². The number of fused-ring (bicyclic) bond motifs is 4. The molecule has 0 bridgehead atoms. The fourth-order valence-electron chi connectivity index (χ4n) is 8.10. The molecule has 0 radical (unpaired) electrons. The van der Waals surface area contributed by atoms with Crippen LogP contribution in [0.4, 0.5) is 0 Å². The second-order valence-corrected chi connectivity index (χ2v) is 36.5. The Morgan fingerprint density at radius 3 is 1.35 bits per heavy atom. The molecule has 0 saturated heterocycles. The average molecular weight is 730 g/mol. The van der Waals surface area contributed by atoms with Gasteiger partial charge in [-0.1, -0.05) is 0 Å². The molecule has 0 N–H and O–H groups in total. The van der Waals surface area contributed by atoms with E-state index >= 15 is 0 Å². The molecular formula is C42H35Cl2SiZr. The standard InChI is InChI=1S/C42H35Si.2ClH.Zr/c1-27-23-39-35(33-17-7-13-29-11-3-5-15-31(29)33)19-9-21-37(39)41(27)25-43-26-42-28(2)24-40-36(20-10-22-38(40)42)34-18-8-14-30-12-4-6-16-32(30)34;;;/h3-24,41-43H,25-26H2,1-2H3;2*1H;/q;;;+2/p-2. The Labute approximate surface area is 287 Å². The minimum absolute atomic E-state index is 0.405. The molecule has 0 amide bonds. The first-order valence-electron chi connectivity index (χ1n) is 16.2. The summed E-state index contributed by atoms with van der Waals surface area (Å²) < 4.78 is 0. The van der Waals surface area contributed by atoms with Crippen molar-refractivity contribution in [1.29, 1.82) is 0 Å². The molecular weight excluding hydrogens is 695 g/mol. The SMILES string of the molecule is CC1=Cc2c(-c3cccc4ccccc34)cccc2C1C[SiH](CC1C(C)=Cc2c(-c3cccc4ccccc34)cccc21)[Zr]([Cl])[Cl]. The van der Waals surface area contributed by atoms with E-state index in [0.717, 1.165) is 12.1 Å². The molecule has 46 heavy (non-hydrogen) atoms. The van der Waals surface area contributed by atoms with Gasteiger partial charge in [-0.05, 0) is 0 Å². The van der Waals surface area contributed by atoms with Crippen molar-refractivity contribution in [3.8, 4) is 22.3 Å². The quantitative estimate of drug-likeness (QED) is 0.144. The van der Waals surface area contributed by atoms with Gasteiger partial charge >= 0.3 is 290 Å². The summed E-state index contributed by atoms with van der Waals surface area (Å²) in [6, 6.07) is 46.9. The molecule has 2 atom stereocenters. The maximum absolute atomic E-state index is 7.12. The number of hydrogen-bond donors (Lipinski definition) is 0. The number of benzene rings is 6. The van der Waals surface area contributed by atoms with E-state index in [-0.39, 0.29) is 0 Å². The fraction of sp³-hybridized carbons (Fsp3) is 0.143. The zero-order valence-electron chi connectivity index (χ0n) is 26.1. The molecule has 8 rings (SSSR count). The monoisotopic (exact) mass is 727 g/mol. The van der Waals surface area contributed by atoms with Gasteiger partial charge in [0, 0.05) is 0 Å². The van der Waals surface area contributed by atoms with Crippen molar-refractivity contribution in [3.05, 3.63) is 155 Å². The van der Waals surface area contributed by atoms with Crippen LogP contribution in [0.15, 0.2) is 132 Å². The third kappa shape index (κ3) is 5.32. The van der Waals surface area contributed by atoms with Crippen molar-refractivity contribution in [2.75, 3.05) is 0 Å². The Hall–Kier alpha value is -3.00. The van der Waals surface area contributed by atoms with Gasteiger partial charge in [0.25, 0.3) is 0 Å². The second-order valence-electron chi connectivity index (χ2n) is 13.0. The Morgan fingerprint density at radius 2 is 0.891 bits per heavy atom. The van der Waals surface area contributed by atoms with Gasteiger partial charge in [0.15, 0.2) is 0 Å². The Balaban J connectivity index is 1.11. The van der Waals surface area contributed by atoms with Gasteiger partial charge in [0.1, 0.15) is 0 Å². The number of allylic oxidation sites excluding steroid dienone is 2. The number of halogens is 2. The van der Waals surface area contributed by atoms with Crippen molar-refractivity contribution in [3.63, 3.8) is 0 Å². The van der Waals surface area contributed by atoms with Crippen LogP contribution in [-0.2, 0) is 18.5 Å². The summed E-state index contributed by atoms with van der Waals surface area (Å²) in [4.78, 5) is 0. The van der Waals surface area contributed by atoms with Crippen LogP contribution in [0.25, 0.3) is 56.0 Å². The zero-order valence-corrected chi connectivity index (χ0v) is 31.2. The van der Waals surface area contributed by atoms with Crippen LogP contribution in [0.3, 0.4) is 0 Å². The Morgan fingerprint density at radius 1 is 0.500 bits per heavy atom. The molecule has 0 heterocycles. The number of hydrogen-bond acceptors (Lipinski definition) is 0. The van der Waals surface area contributed by atoms with Gasteiger partial charge < -0.3 is 0 Å². The molecule has 0 fully saturated rings. The van der Waals surface area contributed by atoms with Crippen LogP contribution in [0.2, 0.25) is 12.1 Å². The molecule has 0 saturated carbocycles. The molecule has 225 valence electrons. The molecule has 2 unspecified atom stereocenters. The average Bonchev–Trinajstić information content (AvgIpc) is 3.58. The minimum atomic E-state index is -2.51. The topological polar surface area (TPSA) is 0 Å². The van der Waals surface area contributed by atoms with Gasteiger partial charge in [-0.25, -0.2) is 0 Å². The van der Waals surface area contributed by atoms with Crippen LogP contribution in [-0.4, -0.2) is 5.92 Å². The van der Waals surface area contributed by atoms with Crippen LogP contribution >= 0.6 is 17.0 Å². The van der Waals surface area contributed by atoms with Crippen molar-refractivity contribution < 1.29 is 18.5 Å². The third-order valence-electron chi connectivity index (χ3n) is 10.4. The van der Waals surface area contributed by atoms with Gasteiger partial charge in [-0.3, -0.25) is 0 Å². The summed E-state index contributed by atoms with van der Waals surface area (Å²) in [5, 5.41) is 5.18. The van der Waals surface area contributed by atoms with Crippen LogP contribution in [0.5, 0.6) is 0 Å². The molecule has 2 aliphatic carbocycles. The maximum atomic E-state index is 7.12. The second kappa shape index (κ2) is 12.6. The molecule has 6 aromatic carbocycles. The van der Waals surface area contributed by atoms with E-state index in [9.17, 15) is 0 Å². The van der Waals surface area contributed by atoms with Gasteiger partial charge in [0.2, 0.25) is 0 Å². The van der Waals surface area contributed by atoms with E-state index < -0.39 is 24.4 Å². The predicted molar refractivity (Wildman–Crippen MR) is 200 cm³/mol. The van der Waals surface area contributed by atoms with E-state index in [0.29, 0.717) is 11.8 Å². The van der Waals surface area contributed by atoms with Crippen LogP contribution in [0.1, 0.15) is 47.9 Å². The first-order valence-corrected chi connectivity index (χ1v) is 29.0. The van der Waals surface area contributed by atoms with Gasteiger partial charge in [-0.2, -0.15) is 0 Å². The molecule has 0 nitrogen and oxygen atoms in total. The molecule has 0 aliphatic heterocycles. The first-order chi connectivity index (χ1) is 22.5. The normalized spacial score (nSPS) is 17.5. The molecule has 6 aromatic rings. The first kappa shape index (κ1) is 30.3. The molecule has 0 spiro atoms. The molecule has 4 heteroatoms.